The van der Waals surface area contributed by atoms with Crippen molar-refractivity contribution in [3.8, 4) is 23.7 Å². The highest BCUT2D eigenvalue weighted by molar-refractivity contribution is 7.86. The Labute approximate surface area is 105 Å². The quantitative estimate of drug-likeness (QED) is 0.641. The predicted octanol–water partition coefficient (Wildman–Crippen LogP) is 0.530. The molecular formula is C12H9FO4S. The normalized spacial score (nSPS) is 9.89. The number of hydrogen-bond donors (Lipinski definition) is 1. The zero-order valence-corrected chi connectivity index (χ0v) is 10.00. The Balaban J connectivity index is 2.65. The van der Waals surface area contributed by atoms with E-state index in [1.54, 1.807) is 0 Å². The van der Waals surface area contributed by atoms with E-state index < -0.39 is 15.9 Å². The highest BCUT2D eigenvalue weighted by Gasteiger charge is 2.13. The van der Waals surface area contributed by atoms with Gasteiger partial charge in [-0.05, 0) is 36.1 Å². The molecule has 0 unspecified atom stereocenters. The van der Waals surface area contributed by atoms with Crippen LogP contribution in [0.25, 0.3) is 0 Å². The lowest BCUT2D eigenvalue weighted by Crippen LogP contribution is -2.06. The Morgan fingerprint density at radius 3 is 2.39 bits per heavy atom. The van der Waals surface area contributed by atoms with Crippen LogP contribution >= 0.6 is 0 Å². The molecule has 1 rings (SSSR count). The average Bonchev–Trinajstić information content (AvgIpc) is 2.34. The van der Waals surface area contributed by atoms with E-state index in [1.807, 2.05) is 0 Å². The van der Waals surface area contributed by atoms with Crippen molar-refractivity contribution in [2.24, 2.45) is 0 Å². The van der Waals surface area contributed by atoms with Crippen LogP contribution in [0.3, 0.4) is 0 Å². The van der Waals surface area contributed by atoms with Gasteiger partial charge < -0.3 is 5.11 Å². The molecular weight excluding hydrogens is 259 g/mol. The van der Waals surface area contributed by atoms with Gasteiger partial charge in [0.25, 0.3) is 10.1 Å². The van der Waals surface area contributed by atoms with Gasteiger partial charge in [0.1, 0.15) is 19.0 Å². The number of hydrogen-bond acceptors (Lipinski definition) is 4. The predicted molar refractivity (Wildman–Crippen MR) is 62.2 cm³/mol. The lowest BCUT2D eigenvalue weighted by atomic mass is 10.4. The molecule has 0 radical (unpaired) electrons. The summed E-state index contributed by atoms with van der Waals surface area (Å²) in [5, 5.41) is 8.32. The molecule has 0 amide bonds. The fourth-order valence-electron chi connectivity index (χ4n) is 0.940. The van der Waals surface area contributed by atoms with Crippen LogP contribution < -0.4 is 0 Å². The second-order valence-corrected chi connectivity index (χ2v) is 4.55. The first-order valence-corrected chi connectivity index (χ1v) is 6.18. The van der Waals surface area contributed by atoms with Gasteiger partial charge >= 0.3 is 0 Å². The first kappa shape index (κ1) is 14.2. The highest BCUT2D eigenvalue weighted by atomic mass is 32.2. The Hall–Kier alpha value is -1.86. The van der Waals surface area contributed by atoms with Gasteiger partial charge in [-0.2, -0.15) is 8.42 Å². The Morgan fingerprint density at radius 2 is 1.78 bits per heavy atom. The molecule has 0 aliphatic rings. The highest BCUT2D eigenvalue weighted by Crippen LogP contribution is 2.12. The molecule has 6 heteroatoms. The molecule has 1 aromatic carbocycles. The molecule has 94 valence electrons. The van der Waals surface area contributed by atoms with Gasteiger partial charge in [0, 0.05) is 0 Å². The molecule has 1 N–H and O–H groups in total. The van der Waals surface area contributed by atoms with Crippen molar-refractivity contribution < 1.29 is 22.1 Å². The lowest BCUT2D eigenvalue weighted by Gasteiger charge is -2.01. The lowest BCUT2D eigenvalue weighted by molar-refractivity contribution is 0.350. The summed E-state index contributed by atoms with van der Waals surface area (Å²) in [4.78, 5) is -0.146. The van der Waals surface area contributed by atoms with Gasteiger partial charge in [-0.1, -0.05) is 11.8 Å². The van der Waals surface area contributed by atoms with Gasteiger partial charge in [0.05, 0.1) is 4.90 Å². The molecule has 0 aliphatic heterocycles. The molecule has 18 heavy (non-hydrogen) atoms. The van der Waals surface area contributed by atoms with Crippen LogP contribution in [-0.2, 0) is 14.3 Å². The molecule has 0 fully saturated rings. The van der Waals surface area contributed by atoms with Crippen molar-refractivity contribution in [1.82, 2.24) is 0 Å². The van der Waals surface area contributed by atoms with Crippen molar-refractivity contribution in [2.45, 2.75) is 4.90 Å². The Kier molecular flexibility index (Phi) is 5.34. The minimum Gasteiger partial charge on any atom is -0.384 e. The fourth-order valence-corrected chi connectivity index (χ4v) is 1.76. The van der Waals surface area contributed by atoms with Crippen molar-refractivity contribution in [3.63, 3.8) is 0 Å². The van der Waals surface area contributed by atoms with Crippen molar-refractivity contribution in [1.29, 1.82) is 0 Å². The molecule has 0 aliphatic carbocycles. The third kappa shape index (κ3) is 4.56. The maximum absolute atomic E-state index is 12.6. The van der Waals surface area contributed by atoms with Crippen LogP contribution in [0.15, 0.2) is 29.2 Å². The summed E-state index contributed by atoms with van der Waals surface area (Å²) in [6.45, 7) is -0.677. The molecule has 0 saturated carbocycles. The first-order valence-electron chi connectivity index (χ1n) is 4.78. The minimum atomic E-state index is -3.94. The molecule has 4 nitrogen and oxygen atoms in total. The SMILES string of the molecule is O=S(=O)(OCC#CC#CCO)c1ccc(F)cc1. The van der Waals surface area contributed by atoms with E-state index in [9.17, 15) is 12.8 Å². The maximum Gasteiger partial charge on any atom is 0.297 e. The van der Waals surface area contributed by atoms with E-state index in [0.29, 0.717) is 0 Å². The summed E-state index contributed by atoms with van der Waals surface area (Å²) in [5.74, 6) is 8.66. The summed E-state index contributed by atoms with van der Waals surface area (Å²) in [6.07, 6.45) is 0. The number of benzene rings is 1. The van der Waals surface area contributed by atoms with E-state index in [4.69, 9.17) is 5.11 Å². The second-order valence-electron chi connectivity index (χ2n) is 2.93. The van der Waals surface area contributed by atoms with Crippen molar-refractivity contribution >= 4 is 10.1 Å². The first-order chi connectivity index (χ1) is 8.56. The third-order valence-electron chi connectivity index (χ3n) is 1.71. The van der Waals surface area contributed by atoms with E-state index in [0.717, 1.165) is 24.3 Å². The monoisotopic (exact) mass is 268 g/mol. The topological polar surface area (TPSA) is 63.6 Å². The number of aliphatic hydroxyl groups excluding tert-OH is 1. The smallest absolute Gasteiger partial charge is 0.297 e. The van der Waals surface area contributed by atoms with Gasteiger partial charge in [0.15, 0.2) is 0 Å². The molecule has 0 saturated heterocycles. The fraction of sp³-hybridized carbons (Fsp3) is 0.167. The molecule has 0 atom stereocenters. The summed E-state index contributed by atoms with van der Waals surface area (Å²) < 4.78 is 40.3. The molecule has 1 aromatic rings. The zero-order chi connectivity index (χ0) is 13.4. The molecule has 0 spiro atoms. The van der Waals surface area contributed by atoms with Gasteiger partial charge in [-0.25, -0.2) is 4.39 Å². The second kappa shape index (κ2) is 6.77. The number of halogens is 1. The minimum absolute atomic E-state index is 0.146. The summed E-state index contributed by atoms with van der Waals surface area (Å²) in [7, 11) is -3.94. The van der Waals surface area contributed by atoms with Crippen molar-refractivity contribution in [2.75, 3.05) is 13.2 Å². The van der Waals surface area contributed by atoms with Crippen LogP contribution in [0.2, 0.25) is 0 Å². The van der Waals surface area contributed by atoms with Crippen LogP contribution in [-0.4, -0.2) is 26.7 Å². The largest absolute Gasteiger partial charge is 0.384 e. The molecule has 0 aromatic heterocycles. The van der Waals surface area contributed by atoms with E-state index in [1.165, 1.54) is 0 Å². The molecule has 0 heterocycles. The summed E-state index contributed by atoms with van der Waals surface area (Å²) in [6, 6.07) is 4.25. The van der Waals surface area contributed by atoms with Gasteiger partial charge in [-0.3, -0.25) is 4.18 Å². The van der Waals surface area contributed by atoms with Crippen LogP contribution in [0.1, 0.15) is 0 Å². The Morgan fingerprint density at radius 1 is 1.17 bits per heavy atom. The standard InChI is InChI=1S/C12H9FO4S/c13-11-5-7-12(8-6-11)18(15,16)17-10-4-2-1-3-9-14/h5-8,14H,9-10H2. The number of rotatable bonds is 3. The maximum atomic E-state index is 12.6. The van der Waals surface area contributed by atoms with Crippen LogP contribution in [0.4, 0.5) is 4.39 Å². The summed E-state index contributed by atoms with van der Waals surface area (Å²) in [5.41, 5.74) is 0. The van der Waals surface area contributed by atoms with E-state index in [-0.39, 0.29) is 18.1 Å². The van der Waals surface area contributed by atoms with Crippen LogP contribution in [0, 0.1) is 29.5 Å². The van der Waals surface area contributed by atoms with E-state index in [2.05, 4.69) is 27.9 Å². The third-order valence-corrected chi connectivity index (χ3v) is 2.98. The van der Waals surface area contributed by atoms with Crippen LogP contribution in [0.5, 0.6) is 0 Å². The Bertz CT molecular complexity index is 612. The van der Waals surface area contributed by atoms with E-state index >= 15 is 0 Å². The van der Waals surface area contributed by atoms with Gasteiger partial charge in [0.2, 0.25) is 0 Å². The molecule has 0 bridgehead atoms. The number of aliphatic hydroxyl groups is 1. The van der Waals surface area contributed by atoms with Gasteiger partial charge in [-0.15, -0.1) is 0 Å². The summed E-state index contributed by atoms with van der Waals surface area (Å²) >= 11 is 0. The average molecular weight is 268 g/mol. The zero-order valence-electron chi connectivity index (χ0n) is 9.18. The van der Waals surface area contributed by atoms with Crippen molar-refractivity contribution in [3.05, 3.63) is 30.1 Å².